The number of hydrogen-bond donors (Lipinski definition) is 2. The highest BCUT2D eigenvalue weighted by Crippen LogP contribution is 2.36. The maximum Gasteiger partial charge on any atom is 0.244 e. The van der Waals surface area contributed by atoms with Crippen LogP contribution in [0.25, 0.3) is 11.8 Å². The van der Waals surface area contributed by atoms with E-state index >= 15 is 0 Å². The summed E-state index contributed by atoms with van der Waals surface area (Å²) in [4.78, 5) is 17.3. The molecule has 3 N–H and O–H groups in total. The number of carbonyl (C=O) groups excluding carboxylic acids is 1. The zero-order chi connectivity index (χ0) is 24.5. The second-order valence-corrected chi connectivity index (χ2v) is 11.2. The minimum absolute atomic E-state index is 0.120. The van der Waals surface area contributed by atoms with Gasteiger partial charge < -0.3 is 15.4 Å². The third-order valence-electron chi connectivity index (χ3n) is 7.07. The molecule has 1 aliphatic carbocycles. The monoisotopic (exact) mass is 577 g/mol. The van der Waals surface area contributed by atoms with Crippen molar-refractivity contribution < 1.29 is 9.53 Å². The van der Waals surface area contributed by atoms with Gasteiger partial charge in [0.15, 0.2) is 0 Å². The van der Waals surface area contributed by atoms with Crippen molar-refractivity contribution >= 4 is 46.0 Å². The second-order valence-electron chi connectivity index (χ2n) is 10.1. The molecule has 1 saturated heterocycles. The van der Waals surface area contributed by atoms with E-state index in [9.17, 15) is 4.79 Å². The molecule has 2 aromatic rings. The quantitative estimate of drug-likeness (QED) is 0.506. The summed E-state index contributed by atoms with van der Waals surface area (Å²) in [5.41, 5.74) is 12.8. The maximum absolute atomic E-state index is 13.3. The number of nitrogens with two attached hydrogens (primary N) is 1. The summed E-state index contributed by atoms with van der Waals surface area (Å²) in [5.74, 6) is 0.120. The van der Waals surface area contributed by atoms with Gasteiger partial charge in [-0.1, -0.05) is 19.9 Å². The van der Waals surface area contributed by atoms with Crippen LogP contribution >= 0.6 is 22.6 Å². The predicted octanol–water partition coefficient (Wildman–Crippen LogP) is 4.06. The van der Waals surface area contributed by atoms with Gasteiger partial charge in [-0.15, -0.1) is 0 Å². The van der Waals surface area contributed by atoms with E-state index in [0.29, 0.717) is 30.9 Å². The van der Waals surface area contributed by atoms with Crippen LogP contribution in [0.3, 0.4) is 0 Å². The lowest BCUT2D eigenvalue weighted by atomic mass is 9.76. The highest BCUT2D eigenvalue weighted by atomic mass is 127. The van der Waals surface area contributed by atoms with E-state index in [1.54, 1.807) is 0 Å². The highest BCUT2D eigenvalue weighted by Gasteiger charge is 2.30. The Hall–Kier alpha value is -1.91. The molecule has 0 bridgehead atoms. The molecule has 8 heteroatoms. The molecule has 0 spiro atoms. The number of anilines is 1. The van der Waals surface area contributed by atoms with Crippen molar-refractivity contribution in [3.8, 4) is 0 Å². The normalized spacial score (nSPS) is 19.5. The number of halogens is 1. The number of benzene rings is 1. The van der Waals surface area contributed by atoms with E-state index in [2.05, 4.69) is 57.6 Å². The molecule has 184 valence electrons. The number of ether oxygens (including phenoxy) is 1. The number of fused-ring (bicyclic) bond motifs is 1. The average molecular weight is 578 g/mol. The van der Waals surface area contributed by atoms with Crippen LogP contribution in [-0.4, -0.2) is 59.9 Å². The predicted molar refractivity (Wildman–Crippen MR) is 145 cm³/mol. The molecule has 1 fully saturated rings. The molecule has 2 heterocycles. The fourth-order valence-corrected chi connectivity index (χ4v) is 5.59. The van der Waals surface area contributed by atoms with E-state index in [0.717, 1.165) is 52.9 Å². The van der Waals surface area contributed by atoms with E-state index in [1.165, 1.54) is 11.3 Å². The molecule has 0 radical (unpaired) electrons. The Labute approximate surface area is 216 Å². The van der Waals surface area contributed by atoms with E-state index in [4.69, 9.17) is 10.5 Å². The number of amides is 1. The first-order valence-corrected chi connectivity index (χ1v) is 13.2. The second kappa shape index (κ2) is 10.4. The average Bonchev–Trinajstić information content (AvgIpc) is 3.23. The van der Waals surface area contributed by atoms with Gasteiger partial charge in [-0.05, 0) is 84.9 Å². The molecule has 1 aliphatic heterocycles. The van der Waals surface area contributed by atoms with Crippen LogP contribution in [-0.2, 0) is 22.4 Å². The van der Waals surface area contributed by atoms with Crippen molar-refractivity contribution in [2.24, 2.45) is 11.1 Å². The van der Waals surface area contributed by atoms with Gasteiger partial charge in [0.05, 0.1) is 25.0 Å². The Morgan fingerprint density at radius 3 is 2.79 bits per heavy atom. The molecule has 34 heavy (non-hydrogen) atoms. The number of H-pyrrole nitrogens is 1. The van der Waals surface area contributed by atoms with Crippen molar-refractivity contribution in [2.45, 2.75) is 53.0 Å². The number of rotatable bonds is 6. The van der Waals surface area contributed by atoms with Crippen molar-refractivity contribution in [3.63, 3.8) is 0 Å². The van der Waals surface area contributed by atoms with Crippen molar-refractivity contribution in [2.75, 3.05) is 37.7 Å². The molecule has 2 aliphatic rings. The van der Waals surface area contributed by atoms with Crippen LogP contribution in [0, 0.1) is 8.99 Å². The first-order valence-electron chi connectivity index (χ1n) is 12.2. The fraction of sp³-hybridized carbons (Fsp3) is 0.538. The summed E-state index contributed by atoms with van der Waals surface area (Å²) in [5, 5.41) is 7.76. The largest absolute Gasteiger partial charge is 0.397 e. The van der Waals surface area contributed by atoms with E-state index in [-0.39, 0.29) is 11.9 Å². The Bertz CT molecular complexity index is 1070. The number of nitrogens with zero attached hydrogens (tertiary/aromatic N) is 3. The number of morpholine rings is 1. The third-order valence-corrected chi connectivity index (χ3v) is 8.01. The lowest BCUT2D eigenvalue weighted by Crippen LogP contribution is -2.51. The summed E-state index contributed by atoms with van der Waals surface area (Å²) in [6.07, 6.45) is 5.12. The number of aromatic nitrogens is 2. The number of aromatic amines is 1. The molecule has 7 nitrogen and oxygen atoms in total. The molecular weight excluding hydrogens is 541 g/mol. The molecule has 1 amide bonds. The number of likely N-dealkylation sites (N-methyl/N-ethyl adjacent to an activating group) is 1. The van der Waals surface area contributed by atoms with Gasteiger partial charge in [-0.25, -0.2) is 0 Å². The standard InChI is InChI=1S/C26H36IN5O2/c1-5-32(25(33)17(2)31-10-12-34-13-11-31)19-7-6-18(21(27)15-19)14-22(28)24-20-8-9-26(3,4)16-23(20)29-30-24/h6-7,14-15,17H,5,8-13,16,28H2,1-4H3,(H,29,30)/b22-14-/t17-/m0/s1. The molecule has 0 saturated carbocycles. The van der Waals surface area contributed by atoms with Gasteiger partial charge in [0.25, 0.3) is 0 Å². The number of carbonyl (C=O) groups is 1. The van der Waals surface area contributed by atoms with Crippen LogP contribution in [0.5, 0.6) is 0 Å². The van der Waals surface area contributed by atoms with Crippen LogP contribution in [0.1, 0.15) is 56.6 Å². The molecule has 1 atom stereocenters. The molecule has 1 aromatic heterocycles. The SMILES string of the molecule is CCN(C(=O)[C@H](C)N1CCOCC1)c1ccc(/C=C(\N)c2n[nH]c3c2CCC(C)(C)C3)c(I)c1. The minimum atomic E-state index is -0.174. The smallest absolute Gasteiger partial charge is 0.244 e. The maximum atomic E-state index is 13.3. The Balaban J connectivity index is 1.53. The van der Waals surface area contributed by atoms with Gasteiger partial charge in [0, 0.05) is 40.1 Å². The summed E-state index contributed by atoms with van der Waals surface area (Å²) >= 11 is 2.33. The third kappa shape index (κ3) is 5.33. The van der Waals surface area contributed by atoms with Gasteiger partial charge in [-0.2, -0.15) is 5.10 Å². The first-order chi connectivity index (χ1) is 16.2. The van der Waals surface area contributed by atoms with Crippen molar-refractivity contribution in [1.29, 1.82) is 0 Å². The Kier molecular flexibility index (Phi) is 7.69. The van der Waals surface area contributed by atoms with Crippen molar-refractivity contribution in [3.05, 3.63) is 44.3 Å². The molecule has 1 aromatic carbocycles. The van der Waals surface area contributed by atoms with Crippen LogP contribution in [0.4, 0.5) is 5.69 Å². The lowest BCUT2D eigenvalue weighted by molar-refractivity contribution is -0.124. The minimum Gasteiger partial charge on any atom is -0.397 e. The number of hydrogen-bond acceptors (Lipinski definition) is 5. The fourth-order valence-electron chi connectivity index (χ4n) is 4.93. The summed E-state index contributed by atoms with van der Waals surface area (Å²) in [6, 6.07) is 5.95. The van der Waals surface area contributed by atoms with Crippen LogP contribution < -0.4 is 10.6 Å². The first kappa shape index (κ1) is 25.2. The summed E-state index contributed by atoms with van der Waals surface area (Å²) in [7, 11) is 0. The van der Waals surface area contributed by atoms with Gasteiger partial charge >= 0.3 is 0 Å². The van der Waals surface area contributed by atoms with Crippen molar-refractivity contribution in [1.82, 2.24) is 15.1 Å². The Morgan fingerprint density at radius 1 is 1.38 bits per heavy atom. The zero-order valence-corrected chi connectivity index (χ0v) is 22.8. The van der Waals surface area contributed by atoms with Gasteiger partial charge in [0.1, 0.15) is 5.69 Å². The lowest BCUT2D eigenvalue weighted by Gasteiger charge is -2.34. The molecule has 0 unspecified atom stereocenters. The highest BCUT2D eigenvalue weighted by molar-refractivity contribution is 14.1. The summed E-state index contributed by atoms with van der Waals surface area (Å²) in [6.45, 7) is 12.2. The Morgan fingerprint density at radius 2 is 2.12 bits per heavy atom. The summed E-state index contributed by atoms with van der Waals surface area (Å²) < 4.78 is 6.49. The van der Waals surface area contributed by atoms with E-state index in [1.807, 2.05) is 37.0 Å². The van der Waals surface area contributed by atoms with Crippen LogP contribution in [0.2, 0.25) is 0 Å². The topological polar surface area (TPSA) is 87.5 Å². The molecular formula is C26H36IN5O2. The van der Waals surface area contributed by atoms with Gasteiger partial charge in [0.2, 0.25) is 5.91 Å². The van der Waals surface area contributed by atoms with Crippen LogP contribution in [0.15, 0.2) is 18.2 Å². The van der Waals surface area contributed by atoms with Gasteiger partial charge in [-0.3, -0.25) is 14.8 Å². The number of nitrogens with one attached hydrogen (secondary N) is 1. The molecule has 4 rings (SSSR count). The zero-order valence-electron chi connectivity index (χ0n) is 20.7. The van der Waals surface area contributed by atoms with E-state index < -0.39 is 0 Å².